The summed E-state index contributed by atoms with van der Waals surface area (Å²) in [5, 5.41) is 9.63. The van der Waals surface area contributed by atoms with Crippen molar-refractivity contribution in [1.29, 1.82) is 0 Å². The lowest BCUT2D eigenvalue weighted by Gasteiger charge is -2.22. The highest BCUT2D eigenvalue weighted by Crippen LogP contribution is 2.27. The van der Waals surface area contributed by atoms with Crippen LogP contribution < -0.4 is 10.6 Å². The number of carbonyl (C=O) groups is 2. The van der Waals surface area contributed by atoms with E-state index in [0.717, 1.165) is 17.7 Å². The third-order valence-corrected chi connectivity index (χ3v) is 4.91. The van der Waals surface area contributed by atoms with Crippen LogP contribution in [0.1, 0.15) is 31.7 Å². The second-order valence-corrected chi connectivity index (χ2v) is 6.93. The molecule has 1 aromatic heterocycles. The van der Waals surface area contributed by atoms with Gasteiger partial charge in [0.15, 0.2) is 0 Å². The van der Waals surface area contributed by atoms with E-state index in [2.05, 4.69) is 27.6 Å². The highest BCUT2D eigenvalue weighted by atomic mass is 16.2. The first-order chi connectivity index (χ1) is 14.1. The number of hydrogen-bond donors (Lipinski definition) is 2. The summed E-state index contributed by atoms with van der Waals surface area (Å²) in [5.41, 5.74) is 2.45. The van der Waals surface area contributed by atoms with Gasteiger partial charge in [0.2, 0.25) is 11.8 Å². The maximum absolute atomic E-state index is 12.8. The first kappa shape index (κ1) is 20.3. The zero-order valence-electron chi connectivity index (χ0n) is 16.6. The van der Waals surface area contributed by atoms with Gasteiger partial charge in [-0.15, -0.1) is 0 Å². The van der Waals surface area contributed by atoms with Gasteiger partial charge in [-0.2, -0.15) is 5.10 Å². The predicted octanol–water partition coefficient (Wildman–Crippen LogP) is 3.15. The van der Waals surface area contributed by atoms with Gasteiger partial charge in [-0.3, -0.25) is 9.59 Å². The van der Waals surface area contributed by atoms with Gasteiger partial charge in [0.05, 0.1) is 18.2 Å². The first-order valence-corrected chi connectivity index (χ1v) is 9.66. The number of anilines is 1. The Morgan fingerprint density at radius 2 is 1.79 bits per heavy atom. The molecule has 0 aliphatic heterocycles. The maximum Gasteiger partial charge on any atom is 0.243 e. The van der Waals surface area contributed by atoms with Gasteiger partial charge >= 0.3 is 0 Å². The monoisotopic (exact) mass is 391 g/mol. The van der Waals surface area contributed by atoms with Crippen molar-refractivity contribution >= 4 is 17.5 Å². The molecule has 7 nitrogen and oxygen atoms in total. The zero-order chi connectivity index (χ0) is 20.6. The van der Waals surface area contributed by atoms with Crippen molar-refractivity contribution in [2.75, 3.05) is 11.9 Å². The van der Waals surface area contributed by atoms with Crippen LogP contribution in [0, 0.1) is 5.92 Å². The molecule has 1 heterocycles. The van der Waals surface area contributed by atoms with Crippen molar-refractivity contribution < 1.29 is 9.59 Å². The Labute approximate surface area is 170 Å². The Balaban J connectivity index is 1.57. The van der Waals surface area contributed by atoms with Gasteiger partial charge in [0.1, 0.15) is 12.7 Å². The van der Waals surface area contributed by atoms with Gasteiger partial charge in [0, 0.05) is 5.69 Å². The van der Waals surface area contributed by atoms with Crippen LogP contribution in [-0.4, -0.2) is 33.1 Å². The van der Waals surface area contributed by atoms with E-state index < -0.39 is 0 Å². The van der Waals surface area contributed by atoms with Gasteiger partial charge in [0.25, 0.3) is 0 Å². The Kier molecular flexibility index (Phi) is 6.73. The zero-order valence-corrected chi connectivity index (χ0v) is 16.6. The summed E-state index contributed by atoms with van der Waals surface area (Å²) in [7, 11) is 0. The van der Waals surface area contributed by atoms with Crippen LogP contribution in [0.15, 0.2) is 67.3 Å². The SMILES string of the molecule is CCC(C)C(C(=O)NCC(=O)Nc1ccc(-n2cncn2)cc1)c1ccccc1. The molecular formula is C22H25N5O2. The number of nitrogens with one attached hydrogen (secondary N) is 2. The molecule has 2 atom stereocenters. The number of nitrogens with zero attached hydrogens (tertiary/aromatic N) is 3. The van der Waals surface area contributed by atoms with E-state index in [4.69, 9.17) is 0 Å². The topological polar surface area (TPSA) is 88.9 Å². The molecular weight excluding hydrogens is 366 g/mol. The molecule has 2 amide bonds. The largest absolute Gasteiger partial charge is 0.346 e. The summed E-state index contributed by atoms with van der Waals surface area (Å²) in [4.78, 5) is 29.0. The fraction of sp³-hybridized carbons (Fsp3) is 0.273. The molecule has 0 aliphatic rings. The molecule has 150 valence electrons. The van der Waals surface area contributed by atoms with Crippen molar-refractivity contribution in [3.8, 4) is 5.69 Å². The predicted molar refractivity (Wildman–Crippen MR) is 112 cm³/mol. The van der Waals surface area contributed by atoms with Crippen molar-refractivity contribution in [3.05, 3.63) is 72.8 Å². The summed E-state index contributed by atoms with van der Waals surface area (Å²) in [6.45, 7) is 4.03. The minimum atomic E-state index is -0.282. The minimum Gasteiger partial charge on any atom is -0.346 e. The quantitative estimate of drug-likeness (QED) is 0.617. The van der Waals surface area contributed by atoms with Crippen LogP contribution in [0.2, 0.25) is 0 Å². The van der Waals surface area contributed by atoms with E-state index in [0.29, 0.717) is 5.69 Å². The molecule has 2 unspecified atom stereocenters. The van der Waals surface area contributed by atoms with Crippen LogP contribution in [0.25, 0.3) is 5.69 Å². The summed E-state index contributed by atoms with van der Waals surface area (Å²) in [6, 6.07) is 16.9. The van der Waals surface area contributed by atoms with E-state index in [1.54, 1.807) is 23.1 Å². The molecule has 0 saturated heterocycles. The smallest absolute Gasteiger partial charge is 0.243 e. The molecule has 29 heavy (non-hydrogen) atoms. The normalized spacial score (nSPS) is 12.8. The lowest BCUT2D eigenvalue weighted by Crippen LogP contribution is -2.37. The van der Waals surface area contributed by atoms with E-state index in [1.165, 1.54) is 6.33 Å². The van der Waals surface area contributed by atoms with Gasteiger partial charge in [-0.05, 0) is 35.7 Å². The van der Waals surface area contributed by atoms with Crippen LogP contribution in [0.4, 0.5) is 5.69 Å². The Morgan fingerprint density at radius 1 is 1.07 bits per heavy atom. The number of aromatic nitrogens is 3. The highest BCUT2D eigenvalue weighted by molar-refractivity contribution is 5.95. The molecule has 0 spiro atoms. The van der Waals surface area contributed by atoms with E-state index >= 15 is 0 Å². The lowest BCUT2D eigenvalue weighted by molar-refractivity contribution is -0.126. The molecule has 2 N–H and O–H groups in total. The van der Waals surface area contributed by atoms with Crippen LogP contribution in [-0.2, 0) is 9.59 Å². The summed E-state index contributed by atoms with van der Waals surface area (Å²) in [6.07, 6.45) is 3.93. The Hall–Kier alpha value is -3.48. The standard InChI is InChI=1S/C22H25N5O2/c1-3-16(2)21(17-7-5-4-6-8-17)22(29)24-13-20(28)26-18-9-11-19(12-10-18)27-15-23-14-25-27/h4-12,14-16,21H,3,13H2,1-2H3,(H,24,29)(H,26,28). The molecule has 3 aromatic rings. The Bertz CT molecular complexity index is 924. The summed E-state index contributed by atoms with van der Waals surface area (Å²) >= 11 is 0. The first-order valence-electron chi connectivity index (χ1n) is 9.66. The van der Waals surface area contributed by atoms with Gasteiger partial charge in [-0.1, -0.05) is 50.6 Å². The molecule has 2 aromatic carbocycles. The molecule has 0 radical (unpaired) electrons. The third-order valence-electron chi connectivity index (χ3n) is 4.91. The van der Waals surface area contributed by atoms with Crippen molar-refractivity contribution in [3.63, 3.8) is 0 Å². The molecule has 7 heteroatoms. The number of hydrogen-bond acceptors (Lipinski definition) is 4. The Morgan fingerprint density at radius 3 is 2.41 bits per heavy atom. The molecule has 3 rings (SSSR count). The second-order valence-electron chi connectivity index (χ2n) is 6.93. The fourth-order valence-electron chi connectivity index (χ4n) is 3.16. The van der Waals surface area contributed by atoms with Crippen LogP contribution in [0.3, 0.4) is 0 Å². The van der Waals surface area contributed by atoms with E-state index in [-0.39, 0.29) is 30.2 Å². The van der Waals surface area contributed by atoms with Gasteiger partial charge in [-0.25, -0.2) is 9.67 Å². The highest BCUT2D eigenvalue weighted by Gasteiger charge is 2.25. The lowest BCUT2D eigenvalue weighted by atomic mass is 9.85. The third kappa shape index (κ3) is 5.28. The van der Waals surface area contributed by atoms with Crippen molar-refractivity contribution in [2.45, 2.75) is 26.2 Å². The summed E-state index contributed by atoms with van der Waals surface area (Å²) in [5.74, 6) is -0.522. The molecule has 0 bridgehead atoms. The molecule has 0 saturated carbocycles. The average molecular weight is 391 g/mol. The molecule has 0 aliphatic carbocycles. The second kappa shape index (κ2) is 9.64. The van der Waals surface area contributed by atoms with Crippen molar-refractivity contribution in [1.82, 2.24) is 20.1 Å². The number of benzene rings is 2. The maximum atomic E-state index is 12.8. The van der Waals surface area contributed by atoms with E-state index in [9.17, 15) is 9.59 Å². The number of rotatable bonds is 8. The van der Waals surface area contributed by atoms with Crippen molar-refractivity contribution in [2.24, 2.45) is 5.92 Å². The number of amides is 2. The molecule has 0 fully saturated rings. The van der Waals surface area contributed by atoms with Gasteiger partial charge < -0.3 is 10.6 Å². The average Bonchev–Trinajstić information content (AvgIpc) is 3.28. The minimum absolute atomic E-state index is 0.0799. The summed E-state index contributed by atoms with van der Waals surface area (Å²) < 4.78 is 1.63. The number of carbonyl (C=O) groups excluding carboxylic acids is 2. The van der Waals surface area contributed by atoms with Crippen LogP contribution in [0.5, 0.6) is 0 Å². The van der Waals surface area contributed by atoms with E-state index in [1.807, 2.05) is 49.4 Å². The van der Waals surface area contributed by atoms with Crippen LogP contribution >= 0.6 is 0 Å². The fourth-order valence-corrected chi connectivity index (χ4v) is 3.16.